The van der Waals surface area contributed by atoms with Gasteiger partial charge in [0.15, 0.2) is 0 Å². The molecule has 0 aliphatic carbocycles. The van der Waals surface area contributed by atoms with Crippen molar-refractivity contribution < 1.29 is 12.7 Å². The first-order chi connectivity index (χ1) is 9.44. The zero-order valence-electron chi connectivity index (χ0n) is 11.2. The highest BCUT2D eigenvalue weighted by molar-refractivity contribution is 8.36. The van der Waals surface area contributed by atoms with Crippen LogP contribution in [0.1, 0.15) is 5.56 Å². The van der Waals surface area contributed by atoms with E-state index in [9.17, 15) is 8.42 Å². The lowest BCUT2D eigenvalue weighted by molar-refractivity contribution is 0.308. The van der Waals surface area contributed by atoms with E-state index in [4.69, 9.17) is 4.28 Å². The largest absolute Gasteiger partial charge is 0.276 e. The minimum absolute atomic E-state index is 0.259. The molecule has 0 N–H and O–H groups in total. The van der Waals surface area contributed by atoms with Crippen LogP contribution in [0, 0.1) is 6.92 Å². The quantitative estimate of drug-likeness (QED) is 0.818. The van der Waals surface area contributed by atoms with Crippen molar-refractivity contribution in [2.45, 2.75) is 16.7 Å². The first kappa shape index (κ1) is 13.6. The minimum atomic E-state index is -3.59. The molecule has 20 heavy (non-hydrogen) atoms. The van der Waals surface area contributed by atoms with Gasteiger partial charge in [0.2, 0.25) is 0 Å². The lowest BCUT2D eigenvalue weighted by Gasteiger charge is -2.10. The van der Waals surface area contributed by atoms with Gasteiger partial charge in [-0.15, -0.1) is 0 Å². The molecule has 0 radical (unpaired) electrons. The fraction of sp³-hybridized carbons (Fsp3) is 0.143. The average molecular weight is 309 g/mol. The van der Waals surface area contributed by atoms with E-state index in [0.29, 0.717) is 0 Å². The van der Waals surface area contributed by atoms with Crippen LogP contribution in [0.4, 0.5) is 0 Å². The Kier molecular flexibility index (Phi) is 3.13. The van der Waals surface area contributed by atoms with Gasteiger partial charge in [0, 0.05) is 25.5 Å². The Bertz CT molecular complexity index is 729. The van der Waals surface area contributed by atoms with Crippen LogP contribution < -0.4 is 0 Å². The zero-order chi connectivity index (χ0) is 14.4. The Morgan fingerprint density at radius 1 is 1.00 bits per heavy atom. The summed E-state index contributed by atoms with van der Waals surface area (Å²) in [5.41, 5.74) is 1.02. The van der Waals surface area contributed by atoms with Crippen molar-refractivity contribution in [3.8, 4) is 0 Å². The van der Waals surface area contributed by atoms with E-state index < -0.39 is 20.5 Å². The highest BCUT2D eigenvalue weighted by Crippen LogP contribution is 2.73. The van der Waals surface area contributed by atoms with Gasteiger partial charge >= 0.3 is 0 Å². The van der Waals surface area contributed by atoms with E-state index in [1.807, 2.05) is 43.5 Å². The summed E-state index contributed by atoms with van der Waals surface area (Å²) in [6.45, 7) is 1.92. The van der Waals surface area contributed by atoms with Crippen molar-refractivity contribution in [3.05, 3.63) is 60.2 Å². The smallest absolute Gasteiger partial charge is 0.204 e. The molecule has 6 heteroatoms. The third kappa shape index (κ3) is 2.14. The fourth-order valence-corrected chi connectivity index (χ4v) is 6.68. The van der Waals surface area contributed by atoms with Gasteiger partial charge in [0.25, 0.3) is 10.0 Å². The molecule has 3 rings (SSSR count). The van der Waals surface area contributed by atoms with Crippen LogP contribution in [-0.2, 0) is 14.3 Å². The van der Waals surface area contributed by atoms with Crippen LogP contribution in [0.15, 0.2) is 64.4 Å². The van der Waals surface area contributed by atoms with Gasteiger partial charge in [-0.3, -0.25) is 0 Å². The molecule has 0 spiro atoms. The number of hydrogen-bond acceptors (Lipinski definition) is 3. The molecule has 2 atom stereocenters. The van der Waals surface area contributed by atoms with Gasteiger partial charge in [-0.1, -0.05) is 35.9 Å². The van der Waals surface area contributed by atoms with E-state index in [1.165, 1.54) is 0 Å². The first-order valence-corrected chi connectivity index (χ1v) is 9.46. The zero-order valence-corrected chi connectivity index (χ0v) is 12.8. The van der Waals surface area contributed by atoms with Gasteiger partial charge in [-0.05, 0) is 31.2 Å². The monoisotopic (exact) mass is 309 g/mol. The van der Waals surface area contributed by atoms with Gasteiger partial charge < -0.3 is 0 Å². The molecule has 1 saturated heterocycles. The maximum atomic E-state index is 12.5. The van der Waals surface area contributed by atoms with Gasteiger partial charge in [-0.2, -0.15) is 0 Å². The lowest BCUT2D eigenvalue weighted by atomic mass is 10.2. The van der Waals surface area contributed by atoms with Crippen LogP contribution >= 0.6 is 10.5 Å². The molecule has 2 aromatic rings. The van der Waals surface area contributed by atoms with Crippen molar-refractivity contribution in [2.75, 3.05) is 6.26 Å². The Hall–Kier alpha value is -1.34. The van der Waals surface area contributed by atoms with E-state index >= 15 is 0 Å². The molecule has 1 heterocycles. The predicted octanol–water partition coefficient (Wildman–Crippen LogP) is 3.25. The van der Waals surface area contributed by atoms with Crippen molar-refractivity contribution in [1.29, 1.82) is 0 Å². The maximum absolute atomic E-state index is 12.5. The molecule has 0 aromatic heterocycles. The van der Waals surface area contributed by atoms with Crippen LogP contribution in [0.25, 0.3) is 0 Å². The third-order valence-corrected chi connectivity index (χ3v) is 8.14. The normalized spacial score (nSPS) is 28.6. The summed E-state index contributed by atoms with van der Waals surface area (Å²) in [6.07, 6.45) is 1.83. The summed E-state index contributed by atoms with van der Waals surface area (Å²) < 4.78 is 31.6. The number of sulfonamides is 1. The summed E-state index contributed by atoms with van der Waals surface area (Å²) in [6, 6.07) is 16.2. The number of aryl methyl sites for hydroxylation is 1. The maximum Gasteiger partial charge on any atom is 0.276 e. The Morgan fingerprint density at radius 3 is 2.20 bits per heavy atom. The number of rotatable bonds is 3. The molecule has 2 unspecified atom stereocenters. The van der Waals surface area contributed by atoms with Crippen molar-refractivity contribution in [1.82, 2.24) is 3.87 Å². The van der Waals surface area contributed by atoms with Crippen LogP contribution in [0.5, 0.6) is 0 Å². The summed E-state index contributed by atoms with van der Waals surface area (Å²) in [5, 5.41) is 0. The number of nitrogens with zero attached hydrogens (tertiary/aromatic N) is 1. The number of benzene rings is 2. The molecule has 1 fully saturated rings. The summed E-state index contributed by atoms with van der Waals surface area (Å²) >= 11 is 0. The lowest BCUT2D eigenvalue weighted by Crippen LogP contribution is -2.12. The molecule has 0 amide bonds. The SMILES string of the molecule is Cc1ccc(S(=O)(=O)N2OS2(C)c2ccccc2)cc1. The molecule has 106 valence electrons. The van der Waals surface area contributed by atoms with Crippen LogP contribution in [-0.4, -0.2) is 18.5 Å². The summed E-state index contributed by atoms with van der Waals surface area (Å²) in [4.78, 5) is 1.16. The van der Waals surface area contributed by atoms with E-state index in [0.717, 1.165) is 14.3 Å². The second kappa shape index (κ2) is 4.60. The van der Waals surface area contributed by atoms with Crippen molar-refractivity contribution in [2.24, 2.45) is 0 Å². The second-order valence-electron chi connectivity index (χ2n) is 4.70. The third-order valence-electron chi connectivity index (χ3n) is 3.17. The van der Waals surface area contributed by atoms with Gasteiger partial charge in [0.1, 0.15) is 0 Å². The predicted molar refractivity (Wildman–Crippen MR) is 79.5 cm³/mol. The van der Waals surface area contributed by atoms with E-state index in [1.54, 1.807) is 24.3 Å². The minimum Gasteiger partial charge on any atom is -0.204 e. The number of hydrogen-bond donors (Lipinski definition) is 0. The topological polar surface area (TPSA) is 49.7 Å². The second-order valence-corrected chi connectivity index (χ2v) is 9.24. The highest BCUT2D eigenvalue weighted by Gasteiger charge is 2.56. The Balaban J connectivity index is 1.94. The summed E-state index contributed by atoms with van der Waals surface area (Å²) in [5.74, 6) is 0. The molecule has 0 saturated carbocycles. The van der Waals surface area contributed by atoms with Crippen LogP contribution in [0.3, 0.4) is 0 Å². The highest BCUT2D eigenvalue weighted by atomic mass is 32.3. The first-order valence-electron chi connectivity index (χ1n) is 6.10. The van der Waals surface area contributed by atoms with E-state index in [-0.39, 0.29) is 4.90 Å². The summed E-state index contributed by atoms with van der Waals surface area (Å²) in [7, 11) is -5.45. The average Bonchev–Trinajstić information content (AvgIpc) is 3.15. The molecule has 1 aliphatic rings. The Labute approximate surface area is 120 Å². The fourth-order valence-electron chi connectivity index (χ4n) is 1.93. The van der Waals surface area contributed by atoms with Gasteiger partial charge in [0.05, 0.1) is 4.90 Å². The molecule has 0 bridgehead atoms. The van der Waals surface area contributed by atoms with Gasteiger partial charge in [-0.25, -0.2) is 12.7 Å². The molecule has 1 aliphatic heterocycles. The standard InChI is InChI=1S/C14H15NO3S2/c1-12-8-10-14(11-9-12)20(16,17)15-18-19(15,2)13-6-4-3-5-7-13/h3-11H,1-2H3. The van der Waals surface area contributed by atoms with E-state index in [2.05, 4.69) is 0 Å². The van der Waals surface area contributed by atoms with Crippen molar-refractivity contribution in [3.63, 3.8) is 0 Å². The van der Waals surface area contributed by atoms with Crippen molar-refractivity contribution >= 4 is 20.5 Å². The molecule has 4 nitrogen and oxygen atoms in total. The molecule has 2 aromatic carbocycles. The molecular weight excluding hydrogens is 294 g/mol. The Morgan fingerprint density at radius 2 is 1.60 bits per heavy atom. The molecular formula is C14H15NO3S2. The van der Waals surface area contributed by atoms with Crippen LogP contribution in [0.2, 0.25) is 0 Å².